The predicted molar refractivity (Wildman–Crippen MR) is 96.2 cm³/mol. The van der Waals surface area contributed by atoms with Crippen molar-refractivity contribution >= 4 is 59.0 Å². The molecule has 0 aliphatic heterocycles. The number of hydrogen-bond acceptors (Lipinski definition) is 9. The number of ketones is 1. The first kappa shape index (κ1) is 23.3. The molecule has 0 unspecified atom stereocenters. The summed E-state index contributed by atoms with van der Waals surface area (Å²) in [5, 5.41) is 0. The molecule has 0 aliphatic rings. The van der Waals surface area contributed by atoms with E-state index in [0.29, 0.717) is 0 Å². The number of hydrogen-bond donors (Lipinski definition) is 2. The Balaban J connectivity index is 5.30. The zero-order valence-electron chi connectivity index (χ0n) is 13.7. The number of thiocarbonyl (C=S) groups is 2. The number of carbonyl (C=O) groups is 1. The van der Waals surface area contributed by atoms with E-state index in [1.165, 1.54) is 0 Å². The second-order valence-electron chi connectivity index (χ2n) is 5.12. The van der Waals surface area contributed by atoms with Gasteiger partial charge in [-0.05, 0) is 59.1 Å². The van der Waals surface area contributed by atoms with Gasteiger partial charge >= 0.3 is 0 Å². The van der Waals surface area contributed by atoms with E-state index in [0.717, 1.165) is 6.92 Å². The van der Waals surface area contributed by atoms with Crippen molar-refractivity contribution in [1.82, 2.24) is 9.44 Å². The van der Waals surface area contributed by atoms with Crippen LogP contribution in [0.15, 0.2) is 0 Å². The summed E-state index contributed by atoms with van der Waals surface area (Å²) < 4.78 is 59.7. The monoisotopic (exact) mass is 420 g/mol. The average Bonchev–Trinajstić information content (AvgIpc) is 2.35. The fraction of sp³-hybridized carbons (Fsp3) is 0.727. The number of carbonyl (C=O) groups excluding carboxylic acids is 1. The first-order valence-corrected chi connectivity index (χ1v) is 10.4. The first-order chi connectivity index (χ1) is 10.7. The predicted octanol–water partition coefficient (Wildman–Crippen LogP) is 0.160. The Kier molecular flexibility index (Phi) is 8.83. The molecule has 0 aliphatic carbocycles. The van der Waals surface area contributed by atoms with Gasteiger partial charge in [-0.15, -0.1) is 0 Å². The lowest BCUT2D eigenvalue weighted by molar-refractivity contribution is -0.118. The summed E-state index contributed by atoms with van der Waals surface area (Å²) in [7, 11) is -8.79. The molecular formula is C11H20N2O7S4. The van der Waals surface area contributed by atoms with Crippen molar-refractivity contribution in [2.75, 3.05) is 0 Å². The summed E-state index contributed by atoms with van der Waals surface area (Å²) in [6.45, 7) is 7.18. The average molecular weight is 421 g/mol. The Hall–Kier alpha value is -0.730. The summed E-state index contributed by atoms with van der Waals surface area (Å²) in [5.41, 5.74) is 0. The molecule has 0 aromatic heterocycles. The van der Waals surface area contributed by atoms with Crippen LogP contribution in [0.4, 0.5) is 0 Å². The van der Waals surface area contributed by atoms with Crippen LogP contribution in [-0.4, -0.2) is 49.8 Å². The molecule has 0 amide bonds. The lowest BCUT2D eigenvalue weighted by Crippen LogP contribution is -2.54. The molecule has 0 saturated carbocycles. The minimum atomic E-state index is -4.39. The van der Waals surface area contributed by atoms with Gasteiger partial charge in [0.1, 0.15) is 6.17 Å². The van der Waals surface area contributed by atoms with Gasteiger partial charge in [0.25, 0.3) is 28.8 Å². The molecule has 9 nitrogen and oxygen atoms in total. The van der Waals surface area contributed by atoms with E-state index < -0.39 is 53.0 Å². The van der Waals surface area contributed by atoms with Gasteiger partial charge in [-0.2, -0.15) is 9.44 Å². The van der Waals surface area contributed by atoms with Crippen LogP contribution in [0.25, 0.3) is 0 Å². The van der Waals surface area contributed by atoms with E-state index in [4.69, 9.17) is 9.47 Å². The quantitative estimate of drug-likeness (QED) is 0.437. The van der Waals surface area contributed by atoms with E-state index >= 15 is 0 Å². The van der Waals surface area contributed by atoms with Crippen molar-refractivity contribution in [3.63, 3.8) is 0 Å². The maximum atomic E-state index is 12.0. The summed E-state index contributed by atoms with van der Waals surface area (Å²) in [4.78, 5) is 11.6. The van der Waals surface area contributed by atoms with E-state index in [-0.39, 0.29) is 0 Å². The third-order valence-corrected chi connectivity index (χ3v) is 5.73. The van der Waals surface area contributed by atoms with Crippen molar-refractivity contribution in [2.45, 2.75) is 53.0 Å². The van der Waals surface area contributed by atoms with Crippen LogP contribution in [0.2, 0.25) is 0 Å². The van der Waals surface area contributed by atoms with Gasteiger partial charge in [-0.25, -0.2) is 16.8 Å². The number of rotatable bonds is 7. The molecule has 2 N–H and O–H groups in total. The fourth-order valence-electron chi connectivity index (χ4n) is 1.11. The highest BCUT2D eigenvalue weighted by molar-refractivity contribution is 8.16. The van der Waals surface area contributed by atoms with Crippen molar-refractivity contribution in [3.05, 3.63) is 0 Å². The molecule has 0 radical (unpaired) electrons. The third kappa shape index (κ3) is 7.90. The van der Waals surface area contributed by atoms with Crippen LogP contribution in [0.1, 0.15) is 34.6 Å². The van der Waals surface area contributed by atoms with E-state index in [9.17, 15) is 21.6 Å². The number of sulfonamides is 2. The summed E-state index contributed by atoms with van der Waals surface area (Å²) in [6, 6.07) is 0. The van der Waals surface area contributed by atoms with Crippen LogP contribution >= 0.6 is 24.4 Å². The Morgan fingerprint density at radius 2 is 1.12 bits per heavy atom. The molecular weight excluding hydrogens is 400 g/mol. The summed E-state index contributed by atoms with van der Waals surface area (Å²) >= 11 is 9.22. The van der Waals surface area contributed by atoms with Crippen LogP contribution in [0.3, 0.4) is 0 Å². The Morgan fingerprint density at radius 1 is 0.833 bits per heavy atom. The van der Waals surface area contributed by atoms with Gasteiger partial charge in [0.05, 0.1) is 12.2 Å². The van der Waals surface area contributed by atoms with Crippen LogP contribution in [-0.2, 0) is 34.3 Å². The Morgan fingerprint density at radius 3 is 1.33 bits per heavy atom. The van der Waals surface area contributed by atoms with Crippen LogP contribution < -0.4 is 9.44 Å². The highest BCUT2D eigenvalue weighted by Crippen LogP contribution is 2.03. The normalized spacial score (nSPS) is 12.5. The van der Waals surface area contributed by atoms with Crippen molar-refractivity contribution in [3.8, 4) is 0 Å². The molecule has 24 heavy (non-hydrogen) atoms. The molecule has 13 heteroatoms. The first-order valence-electron chi connectivity index (χ1n) is 6.65. The Labute approximate surface area is 152 Å². The van der Waals surface area contributed by atoms with Gasteiger partial charge in [0.15, 0.2) is 5.78 Å². The minimum absolute atomic E-state index is 0.520. The smallest absolute Gasteiger partial charge is 0.295 e. The molecule has 0 heterocycles. The fourth-order valence-corrected chi connectivity index (χ4v) is 3.76. The van der Waals surface area contributed by atoms with Gasteiger partial charge in [0.2, 0.25) is 0 Å². The molecule has 0 bridgehead atoms. The van der Waals surface area contributed by atoms with Crippen molar-refractivity contribution < 1.29 is 31.1 Å². The second kappa shape index (κ2) is 9.10. The summed E-state index contributed by atoms with van der Waals surface area (Å²) in [6.07, 6.45) is -2.86. The van der Waals surface area contributed by atoms with Gasteiger partial charge in [-0.1, -0.05) is 0 Å². The number of nitrogens with one attached hydrogen (secondary N) is 2. The highest BCUT2D eigenvalue weighted by atomic mass is 32.2. The lowest BCUT2D eigenvalue weighted by Gasteiger charge is -2.19. The zero-order valence-corrected chi connectivity index (χ0v) is 17.0. The largest absolute Gasteiger partial charge is 0.472 e. The SMILES string of the molecule is CC(=O)C(NS(=O)(=O)C(=S)OC(C)C)NS(=O)(=O)C(=S)OC(C)C. The van der Waals surface area contributed by atoms with E-state index in [1.54, 1.807) is 27.7 Å². The maximum absolute atomic E-state index is 12.0. The molecule has 0 rings (SSSR count). The molecule has 0 fully saturated rings. The molecule has 140 valence electrons. The molecule has 0 aromatic rings. The standard InChI is InChI=1S/C11H20N2O7S4/c1-6(2)19-10(21)23(15,16)12-9(8(5)14)13-24(17,18)11(22)20-7(3)4/h6-7,9,12-13H,1-5H3. The zero-order chi connectivity index (χ0) is 19.3. The summed E-state index contributed by atoms with van der Waals surface area (Å²) in [5.74, 6) is -0.832. The number of ether oxygens (including phenoxy) is 2. The second-order valence-corrected chi connectivity index (χ2v) is 9.60. The van der Waals surface area contributed by atoms with Gasteiger partial charge in [-0.3, -0.25) is 4.79 Å². The third-order valence-electron chi connectivity index (χ3n) is 2.06. The molecule has 0 atom stereocenters. The maximum Gasteiger partial charge on any atom is 0.295 e. The van der Waals surface area contributed by atoms with E-state index in [1.807, 2.05) is 9.44 Å². The highest BCUT2D eigenvalue weighted by Gasteiger charge is 2.32. The van der Waals surface area contributed by atoms with Crippen molar-refractivity contribution in [1.29, 1.82) is 0 Å². The van der Waals surface area contributed by atoms with Crippen molar-refractivity contribution in [2.24, 2.45) is 0 Å². The molecule has 0 aromatic carbocycles. The van der Waals surface area contributed by atoms with Crippen LogP contribution in [0, 0.1) is 0 Å². The minimum Gasteiger partial charge on any atom is -0.472 e. The molecule has 0 spiro atoms. The molecule has 0 saturated heterocycles. The Bertz CT molecular complexity index is 644. The lowest BCUT2D eigenvalue weighted by atomic mass is 10.4. The van der Waals surface area contributed by atoms with Gasteiger partial charge < -0.3 is 9.47 Å². The topological polar surface area (TPSA) is 128 Å². The van der Waals surface area contributed by atoms with E-state index in [2.05, 4.69) is 24.4 Å². The number of Topliss-reactive ketones (excluding diaryl/α,β-unsaturated/α-hetero) is 1. The van der Waals surface area contributed by atoms with Crippen LogP contribution in [0.5, 0.6) is 0 Å². The van der Waals surface area contributed by atoms with Gasteiger partial charge in [0, 0.05) is 0 Å².